The smallest absolute Gasteiger partial charge is 0.237 e. The van der Waals surface area contributed by atoms with Crippen molar-refractivity contribution in [1.29, 1.82) is 0 Å². The molecule has 1 aliphatic carbocycles. The second-order valence-corrected chi connectivity index (χ2v) is 7.43. The number of nitrogens with zero attached hydrogens (tertiary/aromatic N) is 2. The molecular formula is C19H28N2O2. The van der Waals surface area contributed by atoms with E-state index >= 15 is 0 Å². The van der Waals surface area contributed by atoms with Crippen molar-refractivity contribution in [2.75, 3.05) is 33.3 Å². The highest BCUT2D eigenvalue weighted by Crippen LogP contribution is 2.33. The summed E-state index contributed by atoms with van der Waals surface area (Å²) >= 11 is 0. The van der Waals surface area contributed by atoms with Crippen LogP contribution in [0.5, 0.6) is 0 Å². The molecule has 0 spiro atoms. The molecule has 3 rings (SSSR count). The number of rotatable bonds is 3. The maximum absolute atomic E-state index is 12.8. The van der Waals surface area contributed by atoms with Crippen molar-refractivity contribution in [3.63, 3.8) is 0 Å². The van der Waals surface area contributed by atoms with Crippen LogP contribution in [0.2, 0.25) is 0 Å². The van der Waals surface area contributed by atoms with Crippen LogP contribution in [0.3, 0.4) is 0 Å². The lowest BCUT2D eigenvalue weighted by molar-refractivity contribution is -0.138. The number of morpholine rings is 1. The molecule has 4 nitrogen and oxygen atoms in total. The average Bonchev–Trinajstić information content (AvgIpc) is 2.52. The van der Waals surface area contributed by atoms with Gasteiger partial charge in [0, 0.05) is 20.1 Å². The van der Waals surface area contributed by atoms with Gasteiger partial charge in [0.1, 0.15) is 0 Å². The molecular weight excluding hydrogens is 288 g/mol. The third kappa shape index (κ3) is 3.75. The van der Waals surface area contributed by atoms with E-state index in [4.69, 9.17) is 4.74 Å². The zero-order valence-electron chi connectivity index (χ0n) is 14.5. The predicted octanol–water partition coefficient (Wildman–Crippen LogP) is 2.63. The number of hydrogen-bond donors (Lipinski definition) is 0. The SMILES string of the molecule is CN(C(=O)CN1CCOC(C)(C)C1)C1CCCc2ccccc21. The molecule has 2 aliphatic rings. The van der Waals surface area contributed by atoms with E-state index in [9.17, 15) is 4.79 Å². The third-order valence-electron chi connectivity index (χ3n) is 5.06. The first-order valence-corrected chi connectivity index (χ1v) is 8.66. The highest BCUT2D eigenvalue weighted by molar-refractivity contribution is 5.78. The molecule has 1 fully saturated rings. The van der Waals surface area contributed by atoms with Gasteiger partial charge < -0.3 is 9.64 Å². The number of fused-ring (bicyclic) bond motifs is 1. The van der Waals surface area contributed by atoms with Crippen LogP contribution in [0, 0.1) is 0 Å². The Labute approximate surface area is 139 Å². The van der Waals surface area contributed by atoms with Gasteiger partial charge in [-0.1, -0.05) is 24.3 Å². The van der Waals surface area contributed by atoms with Gasteiger partial charge in [0.25, 0.3) is 0 Å². The van der Waals surface area contributed by atoms with E-state index in [0.29, 0.717) is 13.2 Å². The summed E-state index contributed by atoms with van der Waals surface area (Å²) in [6.45, 7) is 7.02. The molecule has 0 bridgehead atoms. The second-order valence-electron chi connectivity index (χ2n) is 7.43. The Bertz CT molecular complexity index is 570. The molecule has 1 aromatic rings. The summed E-state index contributed by atoms with van der Waals surface area (Å²) in [6.07, 6.45) is 3.35. The topological polar surface area (TPSA) is 32.8 Å². The van der Waals surface area contributed by atoms with Crippen LogP contribution >= 0.6 is 0 Å². The van der Waals surface area contributed by atoms with Gasteiger partial charge in [-0.05, 0) is 44.2 Å². The van der Waals surface area contributed by atoms with E-state index in [-0.39, 0.29) is 17.6 Å². The molecule has 1 saturated heterocycles. The van der Waals surface area contributed by atoms with E-state index < -0.39 is 0 Å². The van der Waals surface area contributed by atoms with Crippen LogP contribution in [0.4, 0.5) is 0 Å². The first-order chi connectivity index (χ1) is 11.0. The molecule has 23 heavy (non-hydrogen) atoms. The minimum absolute atomic E-state index is 0.158. The number of aryl methyl sites for hydroxylation is 1. The quantitative estimate of drug-likeness (QED) is 0.859. The van der Waals surface area contributed by atoms with Crippen molar-refractivity contribution < 1.29 is 9.53 Å². The Balaban J connectivity index is 1.66. The lowest BCUT2D eigenvalue weighted by atomic mass is 9.87. The number of hydrogen-bond acceptors (Lipinski definition) is 3. The van der Waals surface area contributed by atoms with Gasteiger partial charge in [-0.25, -0.2) is 0 Å². The molecule has 1 aliphatic heterocycles. The number of ether oxygens (including phenoxy) is 1. The summed E-state index contributed by atoms with van der Waals surface area (Å²) in [6, 6.07) is 8.78. The summed E-state index contributed by atoms with van der Waals surface area (Å²) in [5.74, 6) is 0.212. The van der Waals surface area contributed by atoms with Crippen molar-refractivity contribution in [3.8, 4) is 0 Å². The highest BCUT2D eigenvalue weighted by atomic mass is 16.5. The van der Waals surface area contributed by atoms with Crippen molar-refractivity contribution in [2.45, 2.75) is 44.8 Å². The van der Waals surface area contributed by atoms with Crippen LogP contribution in [-0.2, 0) is 16.0 Å². The summed E-state index contributed by atoms with van der Waals surface area (Å²) in [5, 5.41) is 0. The van der Waals surface area contributed by atoms with E-state index in [1.54, 1.807) is 0 Å². The standard InChI is InChI=1S/C19H28N2O2/c1-19(2)14-21(11-12-23-19)13-18(22)20(3)17-10-6-8-15-7-4-5-9-16(15)17/h4-5,7,9,17H,6,8,10-14H2,1-3H3. The van der Waals surface area contributed by atoms with Gasteiger partial charge >= 0.3 is 0 Å². The highest BCUT2D eigenvalue weighted by Gasteiger charge is 2.31. The number of benzene rings is 1. The molecule has 1 aromatic carbocycles. The van der Waals surface area contributed by atoms with E-state index in [1.165, 1.54) is 11.1 Å². The maximum Gasteiger partial charge on any atom is 0.237 e. The second kappa shape index (κ2) is 6.62. The van der Waals surface area contributed by atoms with Crippen molar-refractivity contribution in [1.82, 2.24) is 9.80 Å². The van der Waals surface area contributed by atoms with Gasteiger partial charge in [-0.2, -0.15) is 0 Å². The van der Waals surface area contributed by atoms with Crippen molar-refractivity contribution >= 4 is 5.91 Å². The fraction of sp³-hybridized carbons (Fsp3) is 0.632. The minimum atomic E-state index is -0.158. The Hall–Kier alpha value is -1.39. The Morgan fingerprint density at radius 2 is 2.17 bits per heavy atom. The van der Waals surface area contributed by atoms with E-state index in [2.05, 4.69) is 43.0 Å². The molecule has 1 amide bonds. The number of carbonyl (C=O) groups excluding carboxylic acids is 1. The summed E-state index contributed by atoms with van der Waals surface area (Å²) in [5.41, 5.74) is 2.57. The summed E-state index contributed by atoms with van der Waals surface area (Å²) in [7, 11) is 1.96. The molecule has 1 unspecified atom stereocenters. The normalized spacial score (nSPS) is 24.0. The lowest BCUT2D eigenvalue weighted by Crippen LogP contribution is -2.51. The van der Waals surface area contributed by atoms with Crippen LogP contribution in [0.1, 0.15) is 43.9 Å². The van der Waals surface area contributed by atoms with Gasteiger partial charge in [0.05, 0.1) is 24.8 Å². The molecule has 1 heterocycles. The number of likely N-dealkylation sites (N-methyl/N-ethyl adjacent to an activating group) is 1. The molecule has 4 heteroatoms. The predicted molar refractivity (Wildman–Crippen MR) is 91.4 cm³/mol. The fourth-order valence-electron chi connectivity index (χ4n) is 3.86. The molecule has 0 N–H and O–H groups in total. The van der Waals surface area contributed by atoms with Gasteiger partial charge in [-0.3, -0.25) is 9.69 Å². The van der Waals surface area contributed by atoms with Gasteiger partial charge in [0.15, 0.2) is 0 Å². The summed E-state index contributed by atoms with van der Waals surface area (Å²) < 4.78 is 5.73. The van der Waals surface area contributed by atoms with E-state index in [0.717, 1.165) is 32.4 Å². The molecule has 0 radical (unpaired) electrons. The minimum Gasteiger partial charge on any atom is -0.373 e. The van der Waals surface area contributed by atoms with Crippen LogP contribution in [0.15, 0.2) is 24.3 Å². The summed E-state index contributed by atoms with van der Waals surface area (Å²) in [4.78, 5) is 17.0. The van der Waals surface area contributed by atoms with Crippen molar-refractivity contribution in [3.05, 3.63) is 35.4 Å². The van der Waals surface area contributed by atoms with Crippen molar-refractivity contribution in [2.24, 2.45) is 0 Å². The Kier molecular flexibility index (Phi) is 4.74. The number of amides is 1. The lowest BCUT2D eigenvalue weighted by Gasteiger charge is -2.39. The molecule has 0 aromatic heterocycles. The van der Waals surface area contributed by atoms with Crippen LogP contribution < -0.4 is 0 Å². The maximum atomic E-state index is 12.8. The molecule has 126 valence electrons. The first-order valence-electron chi connectivity index (χ1n) is 8.66. The third-order valence-corrected chi connectivity index (χ3v) is 5.06. The zero-order chi connectivity index (χ0) is 16.4. The van der Waals surface area contributed by atoms with Crippen LogP contribution in [0.25, 0.3) is 0 Å². The Morgan fingerprint density at radius 1 is 1.39 bits per heavy atom. The average molecular weight is 316 g/mol. The molecule has 1 atom stereocenters. The first kappa shape index (κ1) is 16.5. The van der Waals surface area contributed by atoms with Gasteiger partial charge in [-0.15, -0.1) is 0 Å². The largest absolute Gasteiger partial charge is 0.373 e. The fourth-order valence-corrected chi connectivity index (χ4v) is 3.86. The molecule has 0 saturated carbocycles. The zero-order valence-corrected chi connectivity index (χ0v) is 14.5. The number of carbonyl (C=O) groups is 1. The van der Waals surface area contributed by atoms with E-state index in [1.807, 2.05) is 11.9 Å². The van der Waals surface area contributed by atoms with Crippen LogP contribution in [-0.4, -0.2) is 54.6 Å². The Morgan fingerprint density at radius 3 is 2.96 bits per heavy atom. The van der Waals surface area contributed by atoms with Gasteiger partial charge in [0.2, 0.25) is 5.91 Å². The monoisotopic (exact) mass is 316 g/mol.